The van der Waals surface area contributed by atoms with E-state index in [2.05, 4.69) is 27.2 Å². The first kappa shape index (κ1) is 33.5. The number of halogens is 1. The van der Waals surface area contributed by atoms with Crippen molar-refractivity contribution in [2.75, 3.05) is 51.2 Å². The highest BCUT2D eigenvalue weighted by atomic mass is 19.1. The van der Waals surface area contributed by atoms with Crippen LogP contribution in [0.4, 0.5) is 26.6 Å². The molecule has 1 aliphatic rings. The molecule has 0 bridgehead atoms. The number of aromatic nitrogens is 2. The Morgan fingerprint density at radius 3 is 2.38 bits per heavy atom. The fourth-order valence-electron chi connectivity index (χ4n) is 6.38. The Hall–Kier alpha value is -4.90. The SMILES string of the molecule is COc1cc(OC)cc(C(c2c(C)cc(C)cc2C)N(C(=O)O)c2ccnc(Nc3ccc(OCC4CCCN(C)C4)c(F)c3)n2)c1. The van der Waals surface area contributed by atoms with Gasteiger partial charge in [0.15, 0.2) is 11.6 Å². The zero-order chi connectivity index (χ0) is 33.7. The first-order valence-electron chi connectivity index (χ1n) is 15.6. The zero-order valence-electron chi connectivity index (χ0n) is 27.7. The quantitative estimate of drug-likeness (QED) is 0.174. The molecule has 11 heteroatoms. The number of methoxy groups -OCH3 is 2. The number of benzene rings is 3. The Kier molecular flexibility index (Phi) is 10.5. The van der Waals surface area contributed by atoms with Crippen molar-refractivity contribution in [1.82, 2.24) is 14.9 Å². The van der Waals surface area contributed by atoms with Crippen molar-refractivity contribution in [1.29, 1.82) is 0 Å². The minimum Gasteiger partial charge on any atom is -0.497 e. The monoisotopic (exact) mass is 643 g/mol. The summed E-state index contributed by atoms with van der Waals surface area (Å²) in [5.74, 6) is 1.28. The summed E-state index contributed by atoms with van der Waals surface area (Å²) in [5, 5.41) is 13.8. The number of carbonyl (C=O) groups is 1. The van der Waals surface area contributed by atoms with Crippen LogP contribution >= 0.6 is 0 Å². The molecular formula is C36H42FN5O5. The van der Waals surface area contributed by atoms with Gasteiger partial charge in [0.2, 0.25) is 5.95 Å². The number of carboxylic acid groups (broad SMARTS) is 1. The molecule has 2 atom stereocenters. The van der Waals surface area contributed by atoms with Gasteiger partial charge in [0.25, 0.3) is 0 Å². The maximum atomic E-state index is 15.1. The van der Waals surface area contributed by atoms with Crippen LogP contribution in [-0.4, -0.2) is 67.0 Å². The number of hydrogen-bond donors (Lipinski definition) is 2. The number of nitrogens with zero attached hydrogens (tertiary/aromatic N) is 4. The number of hydrogen-bond acceptors (Lipinski definition) is 8. The summed E-state index contributed by atoms with van der Waals surface area (Å²) >= 11 is 0. The van der Waals surface area contributed by atoms with Gasteiger partial charge in [-0.1, -0.05) is 17.7 Å². The molecule has 0 spiro atoms. The van der Waals surface area contributed by atoms with Crippen LogP contribution < -0.4 is 24.4 Å². The molecule has 0 saturated carbocycles. The molecule has 4 aromatic rings. The predicted octanol–water partition coefficient (Wildman–Crippen LogP) is 7.30. The number of amides is 1. The summed E-state index contributed by atoms with van der Waals surface area (Å²) in [4.78, 5) is 25.5. The van der Waals surface area contributed by atoms with Crippen LogP contribution in [0, 0.1) is 32.5 Å². The number of likely N-dealkylation sites (tertiary alicyclic amines) is 1. The van der Waals surface area contributed by atoms with E-state index in [-0.39, 0.29) is 17.5 Å². The van der Waals surface area contributed by atoms with Gasteiger partial charge in [-0.15, -0.1) is 0 Å². The van der Waals surface area contributed by atoms with Gasteiger partial charge in [-0.25, -0.2) is 19.1 Å². The Labute approximate surface area is 275 Å². The predicted molar refractivity (Wildman–Crippen MR) is 180 cm³/mol. The Morgan fingerprint density at radius 2 is 1.77 bits per heavy atom. The van der Waals surface area contributed by atoms with E-state index in [9.17, 15) is 9.90 Å². The van der Waals surface area contributed by atoms with E-state index in [1.165, 1.54) is 23.2 Å². The van der Waals surface area contributed by atoms with E-state index >= 15 is 4.39 Å². The number of piperidine rings is 1. The molecule has 1 aromatic heterocycles. The van der Waals surface area contributed by atoms with Crippen LogP contribution in [-0.2, 0) is 0 Å². The zero-order valence-corrected chi connectivity index (χ0v) is 27.7. The van der Waals surface area contributed by atoms with E-state index in [1.807, 2.05) is 32.9 Å². The van der Waals surface area contributed by atoms with Crippen molar-refractivity contribution in [2.45, 2.75) is 39.7 Å². The molecule has 47 heavy (non-hydrogen) atoms. The number of anilines is 3. The van der Waals surface area contributed by atoms with Crippen molar-refractivity contribution in [3.05, 3.63) is 94.4 Å². The molecule has 1 aliphatic heterocycles. The third kappa shape index (κ3) is 7.91. The van der Waals surface area contributed by atoms with Gasteiger partial charge in [-0.2, -0.15) is 4.98 Å². The first-order valence-corrected chi connectivity index (χ1v) is 15.6. The van der Waals surface area contributed by atoms with Crippen molar-refractivity contribution < 1.29 is 28.5 Å². The largest absolute Gasteiger partial charge is 0.497 e. The molecule has 3 aromatic carbocycles. The highest BCUT2D eigenvalue weighted by Crippen LogP contribution is 2.39. The van der Waals surface area contributed by atoms with Crippen LogP contribution in [0.2, 0.25) is 0 Å². The number of rotatable bonds is 11. The van der Waals surface area contributed by atoms with Gasteiger partial charge in [0.05, 0.1) is 26.9 Å². The number of aryl methyl sites for hydroxylation is 3. The Morgan fingerprint density at radius 1 is 1.06 bits per heavy atom. The normalized spacial score (nSPS) is 15.5. The molecule has 248 valence electrons. The van der Waals surface area contributed by atoms with Gasteiger partial charge in [0.1, 0.15) is 17.3 Å². The second-order valence-corrected chi connectivity index (χ2v) is 12.1. The van der Waals surface area contributed by atoms with Crippen LogP contribution in [0.3, 0.4) is 0 Å². The summed E-state index contributed by atoms with van der Waals surface area (Å²) in [5.41, 5.74) is 4.72. The molecular weight excluding hydrogens is 601 g/mol. The average molecular weight is 644 g/mol. The topological polar surface area (TPSA) is 109 Å². The van der Waals surface area contributed by atoms with E-state index in [4.69, 9.17) is 14.2 Å². The molecule has 0 aliphatic carbocycles. The molecule has 5 rings (SSSR count). The lowest BCUT2D eigenvalue weighted by Crippen LogP contribution is -2.36. The lowest BCUT2D eigenvalue weighted by Gasteiger charge is -2.32. The van der Waals surface area contributed by atoms with E-state index in [0.717, 1.165) is 48.2 Å². The van der Waals surface area contributed by atoms with Gasteiger partial charge >= 0.3 is 6.09 Å². The molecule has 1 amide bonds. The minimum absolute atomic E-state index is 0.103. The summed E-state index contributed by atoms with van der Waals surface area (Å²) in [6.45, 7) is 8.37. The summed E-state index contributed by atoms with van der Waals surface area (Å²) in [6.07, 6.45) is 2.40. The fourth-order valence-corrected chi connectivity index (χ4v) is 6.38. The fraction of sp³-hybridized carbons (Fsp3) is 0.361. The van der Waals surface area contributed by atoms with Crippen LogP contribution in [0.1, 0.15) is 46.7 Å². The average Bonchev–Trinajstić information content (AvgIpc) is 3.03. The number of nitrogens with one attached hydrogen (secondary N) is 1. The molecule has 1 saturated heterocycles. The van der Waals surface area contributed by atoms with E-state index < -0.39 is 18.0 Å². The summed E-state index contributed by atoms with van der Waals surface area (Å²) in [7, 11) is 5.18. The van der Waals surface area contributed by atoms with Crippen molar-refractivity contribution in [3.63, 3.8) is 0 Å². The standard InChI is InChI=1S/C36H42FN5O5/c1-22-14-23(2)33(24(3)15-22)34(26-16-28(45-5)19-29(17-26)46-6)42(36(43)44)32-11-12-38-35(40-32)39-27-9-10-31(30(37)18-27)47-21-25-8-7-13-41(4)20-25/h9-12,14-19,25,34H,7-8,13,20-21H2,1-6H3,(H,43,44)(H,38,39,40). The Balaban J connectivity index is 1.47. The first-order chi connectivity index (χ1) is 22.6. The third-order valence-corrected chi connectivity index (χ3v) is 8.44. The summed E-state index contributed by atoms with van der Waals surface area (Å²) < 4.78 is 32.0. The number of ether oxygens (including phenoxy) is 3. The maximum absolute atomic E-state index is 15.1. The second kappa shape index (κ2) is 14.7. The van der Waals surface area contributed by atoms with Gasteiger partial charge < -0.3 is 29.5 Å². The molecule has 0 radical (unpaired) electrons. The molecule has 1 fully saturated rings. The van der Waals surface area contributed by atoms with Gasteiger partial charge in [-0.3, -0.25) is 0 Å². The molecule has 2 unspecified atom stereocenters. The van der Waals surface area contributed by atoms with Crippen molar-refractivity contribution >= 4 is 23.5 Å². The molecule has 10 nitrogen and oxygen atoms in total. The van der Waals surface area contributed by atoms with Gasteiger partial charge in [0, 0.05) is 36.5 Å². The van der Waals surface area contributed by atoms with E-state index in [0.29, 0.717) is 35.3 Å². The van der Waals surface area contributed by atoms with Crippen molar-refractivity contribution in [3.8, 4) is 17.2 Å². The van der Waals surface area contributed by atoms with Gasteiger partial charge in [-0.05, 0) is 99.8 Å². The highest BCUT2D eigenvalue weighted by molar-refractivity contribution is 5.87. The lowest BCUT2D eigenvalue weighted by atomic mass is 9.88. The Bertz CT molecular complexity index is 1690. The second-order valence-electron chi connectivity index (χ2n) is 12.1. The minimum atomic E-state index is -1.22. The van der Waals surface area contributed by atoms with E-state index in [1.54, 1.807) is 44.6 Å². The molecule has 2 heterocycles. The lowest BCUT2D eigenvalue weighted by molar-refractivity contribution is 0.147. The van der Waals surface area contributed by atoms with Crippen LogP contribution in [0.15, 0.2) is 60.8 Å². The molecule has 2 N–H and O–H groups in total. The maximum Gasteiger partial charge on any atom is 0.413 e. The van der Waals surface area contributed by atoms with Crippen LogP contribution in [0.5, 0.6) is 17.2 Å². The van der Waals surface area contributed by atoms with Crippen molar-refractivity contribution in [2.24, 2.45) is 5.92 Å². The van der Waals surface area contributed by atoms with Crippen LogP contribution in [0.25, 0.3) is 0 Å². The highest BCUT2D eigenvalue weighted by Gasteiger charge is 2.33. The third-order valence-electron chi connectivity index (χ3n) is 8.44. The smallest absolute Gasteiger partial charge is 0.413 e. The summed E-state index contributed by atoms with van der Waals surface area (Å²) in [6, 6.07) is 14.6.